The molecule has 1 aromatic rings. The summed E-state index contributed by atoms with van der Waals surface area (Å²) < 4.78 is 4.71. The summed E-state index contributed by atoms with van der Waals surface area (Å²) in [6.45, 7) is 0. The van der Waals surface area contributed by atoms with E-state index in [1.54, 1.807) is 17.9 Å². The topological polar surface area (TPSA) is 13.1 Å². The van der Waals surface area contributed by atoms with Crippen molar-refractivity contribution in [2.45, 2.75) is 0 Å². The Bertz CT molecular complexity index is 143. The molecule has 0 atom stereocenters. The summed E-state index contributed by atoms with van der Waals surface area (Å²) in [6, 6.07) is 1.81. The predicted octanol–water partition coefficient (Wildman–Crippen LogP) is 1.63. The van der Waals surface area contributed by atoms with Crippen molar-refractivity contribution in [3.63, 3.8) is 0 Å². The molecule has 1 heterocycles. The monoisotopic (exact) mass is 112 g/mol. The Kier molecular flexibility index (Phi) is 1.22. The smallest absolute Gasteiger partial charge is 0.0983 e. The largest absolute Gasteiger partial charge is 0.472 e. The van der Waals surface area contributed by atoms with Gasteiger partial charge in [-0.2, -0.15) is 0 Å². The van der Waals surface area contributed by atoms with E-state index >= 15 is 0 Å². The van der Waals surface area contributed by atoms with Gasteiger partial charge in [-0.05, 0) is 6.07 Å². The van der Waals surface area contributed by atoms with Gasteiger partial charge in [-0.15, -0.1) is 0 Å². The van der Waals surface area contributed by atoms with E-state index in [0.29, 0.717) is 0 Å². The molecule has 0 saturated carbocycles. The normalized spacial score (nSPS) is 8.57. The molecule has 0 fully saturated rings. The molecule has 0 aliphatic rings. The molecule has 2 heteroatoms. The van der Waals surface area contributed by atoms with Crippen LogP contribution in [0.25, 0.3) is 0 Å². The van der Waals surface area contributed by atoms with Crippen molar-refractivity contribution >= 4 is 17.6 Å². The minimum atomic E-state index is 0.954. The lowest BCUT2D eigenvalue weighted by Crippen LogP contribution is -1.62. The van der Waals surface area contributed by atoms with E-state index in [4.69, 9.17) is 4.42 Å². The summed E-state index contributed by atoms with van der Waals surface area (Å²) in [7, 11) is 0. The van der Waals surface area contributed by atoms with Gasteiger partial charge in [-0.25, -0.2) is 0 Å². The first-order valence-electron chi connectivity index (χ1n) is 1.91. The average Bonchev–Trinajstić information content (AvgIpc) is 2.14. The third-order valence-corrected chi connectivity index (χ3v) is 0.951. The maximum absolute atomic E-state index is 4.71. The van der Waals surface area contributed by atoms with Crippen LogP contribution in [0, 0.1) is 0 Å². The molecule has 0 saturated heterocycles. The zero-order valence-corrected chi connectivity index (χ0v) is 4.44. The van der Waals surface area contributed by atoms with Gasteiger partial charge in [0.25, 0.3) is 0 Å². The second-order valence-electron chi connectivity index (χ2n) is 1.17. The molecule has 0 radical (unpaired) electrons. The highest BCUT2D eigenvalue weighted by Crippen LogP contribution is 1.93. The van der Waals surface area contributed by atoms with Gasteiger partial charge in [-0.3, -0.25) is 0 Å². The molecule has 7 heavy (non-hydrogen) atoms. The lowest BCUT2D eigenvalue weighted by molar-refractivity contribution is 0.567. The Labute approximate surface area is 46.9 Å². The molecule has 36 valence electrons. The molecule has 0 bridgehead atoms. The summed E-state index contributed by atoms with van der Waals surface area (Å²) in [5.74, 6) is 0. The molecule has 1 aromatic heterocycles. The molecule has 0 aliphatic carbocycles. The SMILES string of the molecule is S=Cc1ccoc1. The van der Waals surface area contributed by atoms with Gasteiger partial charge in [0.05, 0.1) is 12.5 Å². The fourth-order valence-electron chi connectivity index (χ4n) is 0.342. The number of hydrogen-bond donors (Lipinski definition) is 0. The first-order chi connectivity index (χ1) is 3.43. The maximum atomic E-state index is 4.71. The van der Waals surface area contributed by atoms with Crippen molar-refractivity contribution in [2.75, 3.05) is 0 Å². The first-order valence-corrected chi connectivity index (χ1v) is 2.38. The standard InChI is InChI=1S/C5H4OS/c7-4-5-1-2-6-3-5/h1-4H. The molecule has 0 aromatic carbocycles. The Morgan fingerprint density at radius 3 is 2.86 bits per heavy atom. The summed E-state index contributed by atoms with van der Waals surface area (Å²) in [5.41, 5.74) is 0.954. The van der Waals surface area contributed by atoms with Gasteiger partial charge in [0.1, 0.15) is 0 Å². The number of rotatable bonds is 1. The van der Waals surface area contributed by atoms with Crippen molar-refractivity contribution in [1.82, 2.24) is 0 Å². The lowest BCUT2D eigenvalue weighted by atomic mass is 10.4. The van der Waals surface area contributed by atoms with E-state index in [0.717, 1.165) is 5.56 Å². The fraction of sp³-hybridized carbons (Fsp3) is 0. The van der Waals surface area contributed by atoms with E-state index in [1.807, 2.05) is 6.07 Å². The molecular weight excluding hydrogens is 108 g/mol. The van der Waals surface area contributed by atoms with Crippen molar-refractivity contribution in [2.24, 2.45) is 0 Å². The van der Waals surface area contributed by atoms with Crippen LogP contribution >= 0.6 is 12.2 Å². The van der Waals surface area contributed by atoms with Crippen LogP contribution in [0.3, 0.4) is 0 Å². The van der Waals surface area contributed by atoms with Crippen LogP contribution in [0.4, 0.5) is 0 Å². The lowest BCUT2D eigenvalue weighted by Gasteiger charge is -1.67. The maximum Gasteiger partial charge on any atom is 0.0983 e. The van der Waals surface area contributed by atoms with Crippen LogP contribution in [0.1, 0.15) is 5.56 Å². The number of thiocarbonyl (C=S) groups is 1. The van der Waals surface area contributed by atoms with Gasteiger partial charge in [0, 0.05) is 10.9 Å². The van der Waals surface area contributed by atoms with E-state index in [-0.39, 0.29) is 0 Å². The molecule has 0 amide bonds. The molecule has 0 spiro atoms. The summed E-state index contributed by atoms with van der Waals surface area (Å²) >= 11 is 4.59. The van der Waals surface area contributed by atoms with Crippen LogP contribution in [-0.2, 0) is 0 Å². The van der Waals surface area contributed by atoms with Gasteiger partial charge in [-0.1, -0.05) is 12.2 Å². The third-order valence-electron chi connectivity index (χ3n) is 0.679. The highest BCUT2D eigenvalue weighted by atomic mass is 32.1. The number of hydrogen-bond acceptors (Lipinski definition) is 2. The van der Waals surface area contributed by atoms with Crippen LogP contribution in [0.5, 0.6) is 0 Å². The average molecular weight is 112 g/mol. The second-order valence-corrected chi connectivity index (χ2v) is 1.41. The Hall–Kier alpha value is -0.630. The van der Waals surface area contributed by atoms with Crippen molar-refractivity contribution in [1.29, 1.82) is 0 Å². The van der Waals surface area contributed by atoms with E-state index in [1.165, 1.54) is 0 Å². The summed E-state index contributed by atoms with van der Waals surface area (Å²) in [4.78, 5) is 0. The van der Waals surface area contributed by atoms with Gasteiger partial charge < -0.3 is 4.42 Å². The highest BCUT2D eigenvalue weighted by Gasteiger charge is 1.81. The quantitative estimate of drug-likeness (QED) is 0.512. The van der Waals surface area contributed by atoms with Crippen LogP contribution in [-0.4, -0.2) is 5.37 Å². The van der Waals surface area contributed by atoms with E-state index < -0.39 is 0 Å². The summed E-state index contributed by atoms with van der Waals surface area (Å²) in [6.07, 6.45) is 3.20. The Morgan fingerprint density at radius 2 is 2.57 bits per heavy atom. The molecule has 0 unspecified atom stereocenters. The molecule has 0 N–H and O–H groups in total. The van der Waals surface area contributed by atoms with Crippen LogP contribution in [0.15, 0.2) is 23.0 Å². The molecular formula is C5H4OS. The molecule has 1 nitrogen and oxygen atoms in total. The zero-order valence-electron chi connectivity index (χ0n) is 3.63. The van der Waals surface area contributed by atoms with Crippen molar-refractivity contribution in [3.05, 3.63) is 24.2 Å². The Morgan fingerprint density at radius 1 is 1.71 bits per heavy atom. The summed E-state index contributed by atoms with van der Waals surface area (Å²) in [5, 5.41) is 1.57. The molecule has 0 aliphatic heterocycles. The third kappa shape index (κ3) is 0.871. The minimum absolute atomic E-state index is 0.954. The van der Waals surface area contributed by atoms with E-state index in [2.05, 4.69) is 12.2 Å². The highest BCUT2D eigenvalue weighted by molar-refractivity contribution is 7.79. The van der Waals surface area contributed by atoms with Crippen LogP contribution < -0.4 is 0 Å². The zero-order chi connectivity index (χ0) is 5.11. The van der Waals surface area contributed by atoms with Gasteiger partial charge >= 0.3 is 0 Å². The molecule has 1 rings (SSSR count). The van der Waals surface area contributed by atoms with Gasteiger partial charge in [0.2, 0.25) is 0 Å². The number of furan rings is 1. The van der Waals surface area contributed by atoms with Crippen molar-refractivity contribution < 1.29 is 4.42 Å². The first kappa shape index (κ1) is 4.53. The van der Waals surface area contributed by atoms with E-state index in [9.17, 15) is 0 Å². The van der Waals surface area contributed by atoms with Crippen molar-refractivity contribution in [3.8, 4) is 0 Å². The Balaban J connectivity index is 2.96. The van der Waals surface area contributed by atoms with Crippen LogP contribution in [0.2, 0.25) is 0 Å². The minimum Gasteiger partial charge on any atom is -0.472 e. The fourth-order valence-corrected chi connectivity index (χ4v) is 0.476. The second kappa shape index (κ2) is 1.89. The van der Waals surface area contributed by atoms with Gasteiger partial charge in [0.15, 0.2) is 0 Å². The predicted molar refractivity (Wildman–Crippen MR) is 31.5 cm³/mol.